The van der Waals surface area contributed by atoms with E-state index in [9.17, 15) is 9.59 Å². The molecular formula is C25H30ClN5O3S. The van der Waals surface area contributed by atoms with E-state index in [2.05, 4.69) is 22.2 Å². The quantitative estimate of drug-likeness (QED) is 0.542. The van der Waals surface area contributed by atoms with E-state index >= 15 is 0 Å². The summed E-state index contributed by atoms with van der Waals surface area (Å²) in [6.07, 6.45) is -0.00298. The average Bonchev–Trinajstić information content (AvgIpc) is 3.07. The molecule has 0 saturated carbocycles. The third kappa shape index (κ3) is 5.92. The molecule has 1 N–H and O–H groups in total. The van der Waals surface area contributed by atoms with Crippen molar-refractivity contribution < 1.29 is 14.3 Å². The third-order valence-corrected chi connectivity index (χ3v) is 7.11. The SMILES string of the molecule is COc1ccc(N2C(=O)C(CC(=O)Nc3ccccc3)N(CCN3CCN(C)CC3)C2=S)cc1Cl. The molecule has 2 saturated heterocycles. The minimum atomic E-state index is -0.695. The molecule has 8 nitrogen and oxygen atoms in total. The van der Waals surface area contributed by atoms with Crippen LogP contribution in [0.3, 0.4) is 0 Å². The summed E-state index contributed by atoms with van der Waals surface area (Å²) in [5.74, 6) is 0.0353. The number of halogens is 1. The number of hydrogen-bond donors (Lipinski definition) is 1. The zero-order chi connectivity index (χ0) is 24.9. The summed E-state index contributed by atoms with van der Waals surface area (Å²) >= 11 is 12.1. The van der Waals surface area contributed by atoms with E-state index in [1.54, 1.807) is 18.2 Å². The summed E-state index contributed by atoms with van der Waals surface area (Å²) in [4.78, 5) is 34.5. The summed E-state index contributed by atoms with van der Waals surface area (Å²) in [6, 6.07) is 13.6. The van der Waals surface area contributed by atoms with Gasteiger partial charge in [-0.25, -0.2) is 0 Å². The van der Waals surface area contributed by atoms with Gasteiger partial charge in [0.15, 0.2) is 5.11 Å². The predicted octanol–water partition coefficient (Wildman–Crippen LogP) is 2.93. The van der Waals surface area contributed by atoms with Gasteiger partial charge in [-0.05, 0) is 49.6 Å². The van der Waals surface area contributed by atoms with Crippen LogP contribution in [0, 0.1) is 0 Å². The Morgan fingerprint density at radius 3 is 2.49 bits per heavy atom. The molecule has 2 aromatic carbocycles. The van der Waals surface area contributed by atoms with E-state index in [0.717, 1.165) is 32.7 Å². The Balaban J connectivity index is 1.53. The fraction of sp³-hybridized carbons (Fsp3) is 0.400. The van der Waals surface area contributed by atoms with E-state index in [-0.39, 0.29) is 18.2 Å². The van der Waals surface area contributed by atoms with E-state index < -0.39 is 6.04 Å². The number of piperazine rings is 1. The first kappa shape index (κ1) is 25.4. The molecule has 35 heavy (non-hydrogen) atoms. The van der Waals surface area contributed by atoms with Crippen LogP contribution in [-0.4, -0.2) is 91.1 Å². The molecule has 0 aliphatic carbocycles. The van der Waals surface area contributed by atoms with Crippen molar-refractivity contribution in [2.24, 2.45) is 0 Å². The molecular weight excluding hydrogens is 486 g/mol. The number of carbonyl (C=O) groups excluding carboxylic acids is 2. The van der Waals surface area contributed by atoms with Crippen LogP contribution >= 0.6 is 23.8 Å². The Morgan fingerprint density at radius 1 is 1.11 bits per heavy atom. The first-order valence-corrected chi connectivity index (χ1v) is 12.4. The number of methoxy groups -OCH3 is 1. The Kier molecular flexibility index (Phi) is 8.22. The molecule has 2 aliphatic rings. The van der Waals surface area contributed by atoms with Gasteiger partial charge in [-0.1, -0.05) is 29.8 Å². The van der Waals surface area contributed by atoms with Crippen LogP contribution in [0.1, 0.15) is 6.42 Å². The second-order valence-corrected chi connectivity index (χ2v) is 9.52. The zero-order valence-corrected chi connectivity index (χ0v) is 21.5. The lowest BCUT2D eigenvalue weighted by Gasteiger charge is -2.34. The first-order valence-electron chi connectivity index (χ1n) is 11.6. The zero-order valence-electron chi connectivity index (χ0n) is 19.9. The van der Waals surface area contributed by atoms with Crippen LogP contribution in [-0.2, 0) is 9.59 Å². The van der Waals surface area contributed by atoms with Crippen molar-refractivity contribution in [3.8, 4) is 5.75 Å². The smallest absolute Gasteiger partial charge is 0.256 e. The van der Waals surface area contributed by atoms with Gasteiger partial charge >= 0.3 is 0 Å². The molecule has 2 amide bonds. The van der Waals surface area contributed by atoms with Crippen LogP contribution in [0.15, 0.2) is 48.5 Å². The van der Waals surface area contributed by atoms with Crippen LogP contribution < -0.4 is 15.0 Å². The van der Waals surface area contributed by atoms with Gasteiger partial charge in [-0.15, -0.1) is 0 Å². The number of carbonyl (C=O) groups is 2. The summed E-state index contributed by atoms with van der Waals surface area (Å²) in [5, 5.41) is 3.64. The molecule has 0 bridgehead atoms. The Morgan fingerprint density at radius 2 is 1.83 bits per heavy atom. The summed E-state index contributed by atoms with van der Waals surface area (Å²) in [7, 11) is 3.65. The van der Waals surface area contributed by atoms with Gasteiger partial charge in [0.2, 0.25) is 5.91 Å². The molecule has 1 unspecified atom stereocenters. The molecule has 186 valence electrons. The highest BCUT2D eigenvalue weighted by atomic mass is 35.5. The third-order valence-electron chi connectivity index (χ3n) is 6.40. The minimum Gasteiger partial charge on any atom is -0.495 e. The maximum atomic E-state index is 13.6. The van der Waals surface area contributed by atoms with Crippen LogP contribution in [0.2, 0.25) is 5.02 Å². The van der Waals surface area contributed by atoms with Gasteiger partial charge in [-0.3, -0.25) is 19.4 Å². The van der Waals surface area contributed by atoms with Gasteiger partial charge in [0.25, 0.3) is 5.91 Å². The number of thiocarbonyl (C=S) groups is 1. The van der Waals surface area contributed by atoms with Gasteiger partial charge in [-0.2, -0.15) is 0 Å². The van der Waals surface area contributed by atoms with Crippen molar-refractivity contribution in [2.75, 3.05) is 63.6 Å². The lowest BCUT2D eigenvalue weighted by Crippen LogP contribution is -2.48. The number of amides is 2. The van der Waals surface area contributed by atoms with Crippen LogP contribution in [0.5, 0.6) is 5.75 Å². The molecule has 10 heteroatoms. The molecule has 2 aliphatic heterocycles. The fourth-order valence-corrected chi connectivity index (χ4v) is 5.01. The highest BCUT2D eigenvalue weighted by Gasteiger charge is 2.44. The van der Waals surface area contributed by atoms with Crippen LogP contribution in [0.25, 0.3) is 0 Å². The normalized spacial score (nSPS) is 19.3. The van der Waals surface area contributed by atoms with Crippen molar-refractivity contribution in [2.45, 2.75) is 12.5 Å². The van der Waals surface area contributed by atoms with E-state index in [1.165, 1.54) is 12.0 Å². The number of nitrogens with one attached hydrogen (secondary N) is 1. The number of nitrogens with zero attached hydrogens (tertiary/aromatic N) is 4. The van der Waals surface area contributed by atoms with Gasteiger partial charge < -0.3 is 19.9 Å². The van der Waals surface area contributed by atoms with E-state index in [1.807, 2.05) is 35.2 Å². The molecule has 4 rings (SSSR count). The van der Waals surface area contributed by atoms with E-state index in [4.69, 9.17) is 28.6 Å². The molecule has 0 spiro atoms. The molecule has 2 fully saturated rings. The summed E-state index contributed by atoms with van der Waals surface area (Å²) in [6.45, 7) is 5.24. The number of hydrogen-bond acceptors (Lipinski definition) is 6. The predicted molar refractivity (Wildman–Crippen MR) is 142 cm³/mol. The number of para-hydroxylation sites is 1. The first-order chi connectivity index (χ1) is 16.9. The monoisotopic (exact) mass is 515 g/mol. The highest BCUT2D eigenvalue weighted by Crippen LogP contribution is 2.33. The standard InChI is InChI=1S/C25H30ClN5O3S/c1-28-10-12-29(13-11-28)14-15-30-21(17-23(32)27-18-6-4-3-5-7-18)24(33)31(25(30)35)19-8-9-22(34-2)20(26)16-19/h3-9,16,21H,10-15,17H2,1-2H3,(H,27,32). The lowest BCUT2D eigenvalue weighted by molar-refractivity contribution is -0.124. The molecule has 0 aromatic heterocycles. The topological polar surface area (TPSA) is 68.4 Å². The van der Waals surface area contributed by atoms with Gasteiger partial charge in [0, 0.05) is 45.0 Å². The van der Waals surface area contributed by atoms with Crippen molar-refractivity contribution in [3.63, 3.8) is 0 Å². The number of ether oxygens (including phenoxy) is 1. The molecule has 0 radical (unpaired) electrons. The minimum absolute atomic E-state index is 0.00298. The maximum absolute atomic E-state index is 13.6. The summed E-state index contributed by atoms with van der Waals surface area (Å²) < 4.78 is 5.24. The molecule has 2 aromatic rings. The maximum Gasteiger partial charge on any atom is 0.256 e. The van der Waals surface area contributed by atoms with Crippen molar-refractivity contribution in [1.82, 2.24) is 14.7 Å². The second-order valence-electron chi connectivity index (χ2n) is 8.75. The van der Waals surface area contributed by atoms with E-state index in [0.29, 0.717) is 33.8 Å². The Labute approximate surface area is 216 Å². The highest BCUT2D eigenvalue weighted by molar-refractivity contribution is 7.80. The lowest BCUT2D eigenvalue weighted by atomic mass is 10.1. The largest absolute Gasteiger partial charge is 0.495 e. The van der Waals surface area contributed by atoms with Crippen molar-refractivity contribution >= 4 is 52.1 Å². The number of benzene rings is 2. The number of anilines is 2. The number of rotatable bonds is 8. The second kappa shape index (κ2) is 11.3. The molecule has 1 atom stereocenters. The Hall–Kier alpha value is -2.72. The van der Waals surface area contributed by atoms with Gasteiger partial charge in [0.1, 0.15) is 11.8 Å². The van der Waals surface area contributed by atoms with Gasteiger partial charge in [0.05, 0.1) is 24.2 Å². The van der Waals surface area contributed by atoms with Crippen molar-refractivity contribution in [1.29, 1.82) is 0 Å². The Bertz CT molecular complexity index is 1080. The molecule has 2 heterocycles. The average molecular weight is 516 g/mol. The van der Waals surface area contributed by atoms with Crippen molar-refractivity contribution in [3.05, 3.63) is 53.6 Å². The fourth-order valence-electron chi connectivity index (χ4n) is 4.35. The summed E-state index contributed by atoms with van der Waals surface area (Å²) in [5.41, 5.74) is 1.25. The van der Waals surface area contributed by atoms with Crippen LogP contribution in [0.4, 0.5) is 11.4 Å². The number of likely N-dealkylation sites (N-methyl/N-ethyl adjacent to an activating group) is 1.